The van der Waals surface area contributed by atoms with Crippen molar-refractivity contribution < 1.29 is 31.5 Å². The number of rotatable bonds is 5. The second-order valence-electron chi connectivity index (χ2n) is 6.27. The number of anilines is 2. The molecule has 0 bridgehead atoms. The van der Waals surface area contributed by atoms with E-state index in [0.29, 0.717) is 16.1 Å². The van der Waals surface area contributed by atoms with Crippen molar-refractivity contribution in [2.75, 3.05) is 23.1 Å². The predicted molar refractivity (Wildman–Crippen MR) is 108 cm³/mol. The second kappa shape index (κ2) is 9.81. The van der Waals surface area contributed by atoms with E-state index < -0.39 is 22.2 Å². The minimum absolute atomic E-state index is 0.112. The van der Waals surface area contributed by atoms with E-state index in [-0.39, 0.29) is 10.9 Å². The van der Waals surface area contributed by atoms with E-state index in [4.69, 9.17) is 21.5 Å². The number of benzene rings is 1. The molecule has 0 spiro atoms. The van der Waals surface area contributed by atoms with E-state index in [1.54, 1.807) is 17.6 Å². The number of aromatic nitrogens is 1. The van der Waals surface area contributed by atoms with Gasteiger partial charge in [0, 0.05) is 24.2 Å². The molecule has 1 fully saturated rings. The standard InChI is InChI=1S/C14H17ClN4O2S2.C2HF3O2/c1-9-7-16-8-13(9)18-12-3-2-10(6-11(12)15)23(20,21)19-14-17-4-5-22-14;3-2(4,5)1(6)7/h2-6,9,13,16,18H,7-8H2,1H3,(H,17,19);(H,6,7). The summed E-state index contributed by atoms with van der Waals surface area (Å²) in [5, 5.41) is 16.2. The van der Waals surface area contributed by atoms with Gasteiger partial charge in [-0.3, -0.25) is 4.72 Å². The largest absolute Gasteiger partial charge is 0.490 e. The van der Waals surface area contributed by atoms with Crippen LogP contribution in [0.1, 0.15) is 6.92 Å². The van der Waals surface area contributed by atoms with Crippen molar-refractivity contribution in [3.63, 3.8) is 0 Å². The Bertz CT molecular complexity index is 971. The van der Waals surface area contributed by atoms with Gasteiger partial charge in [-0.15, -0.1) is 11.3 Å². The van der Waals surface area contributed by atoms with Gasteiger partial charge in [0.15, 0.2) is 5.13 Å². The fourth-order valence-corrected chi connectivity index (χ4v) is 4.55. The predicted octanol–water partition coefficient (Wildman–Crippen LogP) is 3.25. The molecule has 1 saturated heterocycles. The lowest BCUT2D eigenvalue weighted by Gasteiger charge is -2.19. The van der Waals surface area contributed by atoms with Gasteiger partial charge in [0.25, 0.3) is 10.0 Å². The fourth-order valence-electron chi connectivity index (χ4n) is 2.43. The maximum Gasteiger partial charge on any atom is 0.490 e. The average Bonchev–Trinajstić information content (AvgIpc) is 3.28. The Labute approximate surface area is 179 Å². The maximum absolute atomic E-state index is 12.3. The smallest absolute Gasteiger partial charge is 0.475 e. The quantitative estimate of drug-likeness (QED) is 0.512. The van der Waals surface area contributed by atoms with E-state index in [9.17, 15) is 21.6 Å². The molecule has 0 amide bonds. The van der Waals surface area contributed by atoms with E-state index in [1.807, 2.05) is 0 Å². The molecule has 0 saturated carbocycles. The number of carboxylic acids is 1. The van der Waals surface area contributed by atoms with Crippen LogP contribution in [0.4, 0.5) is 24.0 Å². The molecule has 2 heterocycles. The minimum Gasteiger partial charge on any atom is -0.475 e. The van der Waals surface area contributed by atoms with Crippen molar-refractivity contribution in [2.45, 2.75) is 24.0 Å². The Morgan fingerprint density at radius 2 is 2.03 bits per heavy atom. The molecule has 166 valence electrons. The van der Waals surface area contributed by atoms with Crippen LogP contribution in [0.15, 0.2) is 34.7 Å². The van der Waals surface area contributed by atoms with Gasteiger partial charge in [-0.25, -0.2) is 18.2 Å². The molecule has 3 rings (SSSR count). The molecule has 8 nitrogen and oxygen atoms in total. The van der Waals surface area contributed by atoms with Gasteiger partial charge in [-0.2, -0.15) is 13.2 Å². The molecular formula is C16H18ClF3N4O4S2. The third-order valence-corrected chi connectivity index (χ3v) is 6.47. The monoisotopic (exact) mass is 486 g/mol. The van der Waals surface area contributed by atoms with E-state index in [0.717, 1.165) is 18.8 Å². The summed E-state index contributed by atoms with van der Waals surface area (Å²) in [6, 6.07) is 4.97. The summed E-state index contributed by atoms with van der Waals surface area (Å²) >= 11 is 7.47. The number of carbonyl (C=O) groups is 1. The topological polar surface area (TPSA) is 120 Å². The maximum atomic E-state index is 12.3. The van der Waals surface area contributed by atoms with E-state index >= 15 is 0 Å². The Kier molecular flexibility index (Phi) is 7.91. The number of hydrogen-bond acceptors (Lipinski definition) is 7. The highest BCUT2D eigenvalue weighted by molar-refractivity contribution is 7.93. The van der Waals surface area contributed by atoms with Crippen LogP contribution in [-0.4, -0.2) is 49.8 Å². The number of halogens is 4. The van der Waals surface area contributed by atoms with E-state index in [2.05, 4.69) is 27.3 Å². The summed E-state index contributed by atoms with van der Waals surface area (Å²) in [6.07, 6.45) is -3.54. The number of alkyl halides is 3. The summed E-state index contributed by atoms with van der Waals surface area (Å²) in [5.41, 5.74) is 0.736. The minimum atomic E-state index is -5.08. The van der Waals surface area contributed by atoms with Crippen LogP contribution in [0.5, 0.6) is 0 Å². The molecule has 30 heavy (non-hydrogen) atoms. The molecule has 2 unspecified atom stereocenters. The second-order valence-corrected chi connectivity index (χ2v) is 9.26. The Morgan fingerprint density at radius 1 is 1.37 bits per heavy atom. The zero-order chi connectivity index (χ0) is 22.5. The van der Waals surface area contributed by atoms with Crippen LogP contribution >= 0.6 is 22.9 Å². The number of aliphatic carboxylic acids is 1. The highest BCUT2D eigenvalue weighted by Gasteiger charge is 2.38. The molecule has 2 aromatic rings. The van der Waals surface area contributed by atoms with Crippen LogP contribution in [0, 0.1) is 5.92 Å². The van der Waals surface area contributed by atoms with Gasteiger partial charge in [0.1, 0.15) is 0 Å². The van der Waals surface area contributed by atoms with Gasteiger partial charge in [0.2, 0.25) is 0 Å². The Balaban J connectivity index is 0.000000396. The molecule has 0 aliphatic carbocycles. The van der Waals surface area contributed by atoms with Gasteiger partial charge in [-0.1, -0.05) is 18.5 Å². The summed E-state index contributed by atoms with van der Waals surface area (Å²) in [6.45, 7) is 3.98. The molecule has 4 N–H and O–H groups in total. The zero-order valence-electron chi connectivity index (χ0n) is 15.4. The first-order valence-corrected chi connectivity index (χ1v) is 11.1. The van der Waals surface area contributed by atoms with Crippen molar-refractivity contribution in [2.24, 2.45) is 5.92 Å². The number of nitrogens with zero attached hydrogens (tertiary/aromatic N) is 1. The average molecular weight is 487 g/mol. The summed E-state index contributed by atoms with van der Waals surface area (Å²) in [7, 11) is -3.69. The first kappa shape index (κ1) is 24.2. The molecule has 1 aromatic carbocycles. The Morgan fingerprint density at radius 3 is 2.50 bits per heavy atom. The number of carboxylic acid groups (broad SMARTS) is 1. The molecule has 0 radical (unpaired) electrons. The first-order chi connectivity index (χ1) is 13.9. The van der Waals surface area contributed by atoms with Crippen molar-refractivity contribution in [3.8, 4) is 0 Å². The summed E-state index contributed by atoms with van der Waals surface area (Å²) in [4.78, 5) is 12.9. The number of nitrogens with one attached hydrogen (secondary N) is 3. The molecule has 2 atom stereocenters. The summed E-state index contributed by atoms with van der Waals surface area (Å²) < 4.78 is 58.8. The lowest BCUT2D eigenvalue weighted by molar-refractivity contribution is -0.192. The zero-order valence-corrected chi connectivity index (χ0v) is 17.8. The van der Waals surface area contributed by atoms with Crippen molar-refractivity contribution in [1.82, 2.24) is 10.3 Å². The highest BCUT2D eigenvalue weighted by atomic mass is 35.5. The first-order valence-electron chi connectivity index (χ1n) is 8.39. The molecule has 1 aromatic heterocycles. The molecule has 14 heteroatoms. The van der Waals surface area contributed by atoms with E-state index in [1.165, 1.54) is 23.5 Å². The van der Waals surface area contributed by atoms with Crippen LogP contribution in [0.2, 0.25) is 5.02 Å². The van der Waals surface area contributed by atoms with Crippen LogP contribution < -0.4 is 15.4 Å². The molecule has 1 aliphatic rings. The van der Waals surface area contributed by atoms with Crippen LogP contribution in [0.3, 0.4) is 0 Å². The van der Waals surface area contributed by atoms with Gasteiger partial charge >= 0.3 is 12.1 Å². The Hall–Kier alpha value is -2.09. The lowest BCUT2D eigenvalue weighted by atomic mass is 10.1. The molecule has 1 aliphatic heterocycles. The summed E-state index contributed by atoms with van der Waals surface area (Å²) in [5.74, 6) is -2.27. The van der Waals surface area contributed by atoms with Crippen molar-refractivity contribution >= 4 is 49.7 Å². The molecular weight excluding hydrogens is 469 g/mol. The number of hydrogen-bond donors (Lipinski definition) is 4. The third kappa shape index (κ3) is 6.72. The van der Waals surface area contributed by atoms with Crippen LogP contribution in [0.25, 0.3) is 0 Å². The van der Waals surface area contributed by atoms with Crippen molar-refractivity contribution in [1.29, 1.82) is 0 Å². The highest BCUT2D eigenvalue weighted by Crippen LogP contribution is 2.28. The van der Waals surface area contributed by atoms with Crippen molar-refractivity contribution in [3.05, 3.63) is 34.8 Å². The SMILES string of the molecule is CC1CNCC1Nc1ccc(S(=O)(=O)Nc2nccs2)cc1Cl.O=C(O)C(F)(F)F. The van der Waals surface area contributed by atoms with Gasteiger partial charge in [-0.05, 0) is 30.7 Å². The van der Waals surface area contributed by atoms with Gasteiger partial charge < -0.3 is 15.7 Å². The normalized spacial score (nSPS) is 19.0. The lowest BCUT2D eigenvalue weighted by Crippen LogP contribution is -2.26. The number of sulfonamides is 1. The third-order valence-electron chi connectivity index (χ3n) is 4.01. The number of thiazole rings is 1. The fraction of sp³-hybridized carbons (Fsp3) is 0.375. The van der Waals surface area contributed by atoms with Gasteiger partial charge in [0.05, 0.1) is 15.6 Å². The van der Waals surface area contributed by atoms with Crippen LogP contribution in [-0.2, 0) is 14.8 Å².